The standard InChI is InChI=1S/C9H8BrFO4S/c1-16(14,15)9-6(10)2-5(3-7(9)11)4-8(12)13/h2-3H,4H2,1H3,(H,12,13). The third kappa shape index (κ3) is 3.02. The third-order valence-corrected chi connectivity index (χ3v) is 3.83. The Morgan fingerprint density at radius 3 is 2.44 bits per heavy atom. The summed E-state index contributed by atoms with van der Waals surface area (Å²) in [6.45, 7) is 0. The Kier molecular flexibility index (Phi) is 3.69. The van der Waals surface area contributed by atoms with E-state index in [9.17, 15) is 17.6 Å². The van der Waals surface area contributed by atoms with Crippen LogP contribution in [0.1, 0.15) is 5.56 Å². The maximum absolute atomic E-state index is 13.5. The van der Waals surface area contributed by atoms with Crippen molar-refractivity contribution in [2.75, 3.05) is 6.26 Å². The van der Waals surface area contributed by atoms with Crippen LogP contribution in [0.4, 0.5) is 4.39 Å². The average molecular weight is 311 g/mol. The van der Waals surface area contributed by atoms with Gasteiger partial charge in [0.1, 0.15) is 10.7 Å². The number of benzene rings is 1. The number of aliphatic carboxylic acids is 1. The highest BCUT2D eigenvalue weighted by Gasteiger charge is 2.19. The molecule has 88 valence electrons. The highest BCUT2D eigenvalue weighted by Crippen LogP contribution is 2.26. The van der Waals surface area contributed by atoms with Gasteiger partial charge in [-0.1, -0.05) is 0 Å². The molecule has 0 aliphatic carbocycles. The number of halogens is 2. The molecule has 16 heavy (non-hydrogen) atoms. The van der Waals surface area contributed by atoms with Crippen molar-refractivity contribution in [1.29, 1.82) is 0 Å². The van der Waals surface area contributed by atoms with Crippen LogP contribution in [0.5, 0.6) is 0 Å². The zero-order chi connectivity index (χ0) is 12.5. The van der Waals surface area contributed by atoms with Crippen LogP contribution < -0.4 is 0 Å². The summed E-state index contributed by atoms with van der Waals surface area (Å²) in [5.74, 6) is -2.06. The minimum atomic E-state index is -3.68. The van der Waals surface area contributed by atoms with E-state index in [1.165, 1.54) is 6.07 Å². The summed E-state index contributed by atoms with van der Waals surface area (Å²) in [6, 6.07) is 2.20. The summed E-state index contributed by atoms with van der Waals surface area (Å²) >= 11 is 2.91. The first-order valence-corrected chi connectivity index (χ1v) is 6.80. The molecular formula is C9H8BrFO4S. The van der Waals surface area contributed by atoms with E-state index >= 15 is 0 Å². The summed E-state index contributed by atoms with van der Waals surface area (Å²) < 4.78 is 35.9. The lowest BCUT2D eigenvalue weighted by atomic mass is 10.1. The quantitative estimate of drug-likeness (QED) is 0.921. The van der Waals surface area contributed by atoms with E-state index < -0.39 is 26.5 Å². The molecule has 1 rings (SSSR count). The Labute approximate surface area is 100 Å². The van der Waals surface area contributed by atoms with Gasteiger partial charge in [-0.3, -0.25) is 4.79 Å². The van der Waals surface area contributed by atoms with Crippen molar-refractivity contribution in [1.82, 2.24) is 0 Å². The summed E-state index contributed by atoms with van der Waals surface area (Å²) in [5, 5.41) is 8.52. The predicted octanol–water partition coefficient (Wildman–Crippen LogP) is 1.62. The smallest absolute Gasteiger partial charge is 0.307 e. The third-order valence-electron chi connectivity index (χ3n) is 1.78. The zero-order valence-corrected chi connectivity index (χ0v) is 10.6. The monoisotopic (exact) mass is 310 g/mol. The van der Waals surface area contributed by atoms with Gasteiger partial charge in [0, 0.05) is 10.7 Å². The van der Waals surface area contributed by atoms with Crippen molar-refractivity contribution in [3.8, 4) is 0 Å². The molecule has 0 bridgehead atoms. The average Bonchev–Trinajstić information content (AvgIpc) is 1.96. The Hall–Kier alpha value is -0.950. The molecule has 0 spiro atoms. The molecule has 7 heteroatoms. The summed E-state index contributed by atoms with van der Waals surface area (Å²) in [6.07, 6.45) is 0.520. The van der Waals surface area contributed by atoms with E-state index in [4.69, 9.17) is 5.11 Å². The maximum Gasteiger partial charge on any atom is 0.307 e. The second-order valence-corrected chi connectivity index (χ2v) is 6.04. The van der Waals surface area contributed by atoms with Crippen molar-refractivity contribution in [2.24, 2.45) is 0 Å². The fourth-order valence-corrected chi connectivity index (χ4v) is 3.44. The van der Waals surface area contributed by atoms with Gasteiger partial charge < -0.3 is 5.11 Å². The molecule has 0 radical (unpaired) electrons. The fourth-order valence-electron chi connectivity index (χ4n) is 1.24. The fraction of sp³-hybridized carbons (Fsp3) is 0.222. The van der Waals surface area contributed by atoms with Crippen molar-refractivity contribution in [3.63, 3.8) is 0 Å². The second-order valence-electron chi connectivity index (χ2n) is 3.23. The lowest BCUT2D eigenvalue weighted by Crippen LogP contribution is -2.06. The molecule has 1 aromatic carbocycles. The predicted molar refractivity (Wildman–Crippen MR) is 58.5 cm³/mol. The van der Waals surface area contributed by atoms with Gasteiger partial charge in [-0.05, 0) is 33.6 Å². The molecule has 0 amide bonds. The molecule has 0 aliphatic rings. The number of hydrogen-bond acceptors (Lipinski definition) is 3. The number of carboxylic acid groups (broad SMARTS) is 1. The van der Waals surface area contributed by atoms with E-state index in [-0.39, 0.29) is 16.5 Å². The van der Waals surface area contributed by atoms with Crippen molar-refractivity contribution < 1.29 is 22.7 Å². The van der Waals surface area contributed by atoms with Gasteiger partial charge in [0.2, 0.25) is 0 Å². The van der Waals surface area contributed by atoms with E-state index in [0.717, 1.165) is 12.3 Å². The Bertz CT molecular complexity index is 515. The summed E-state index contributed by atoms with van der Waals surface area (Å²) in [5.41, 5.74) is 0.198. The molecule has 0 aliphatic heterocycles. The summed E-state index contributed by atoms with van der Waals surface area (Å²) in [4.78, 5) is 9.96. The highest BCUT2D eigenvalue weighted by molar-refractivity contribution is 9.10. The van der Waals surface area contributed by atoms with E-state index in [1.807, 2.05) is 0 Å². The summed E-state index contributed by atoms with van der Waals surface area (Å²) in [7, 11) is -3.68. The first-order chi connectivity index (χ1) is 7.21. The van der Waals surface area contributed by atoms with Crippen LogP contribution in [0.15, 0.2) is 21.5 Å². The molecule has 0 saturated heterocycles. The van der Waals surface area contributed by atoms with Crippen LogP contribution >= 0.6 is 15.9 Å². The molecule has 0 saturated carbocycles. The maximum atomic E-state index is 13.5. The van der Waals surface area contributed by atoms with E-state index in [1.54, 1.807) is 0 Å². The minimum Gasteiger partial charge on any atom is -0.481 e. The van der Waals surface area contributed by atoms with E-state index in [2.05, 4.69) is 15.9 Å². The van der Waals surface area contributed by atoms with Crippen LogP contribution in [-0.4, -0.2) is 25.7 Å². The van der Waals surface area contributed by atoms with Crippen LogP contribution in [0, 0.1) is 5.82 Å². The lowest BCUT2D eigenvalue weighted by Gasteiger charge is -2.06. The minimum absolute atomic E-state index is 0.0336. The zero-order valence-electron chi connectivity index (χ0n) is 8.20. The highest BCUT2D eigenvalue weighted by atomic mass is 79.9. The van der Waals surface area contributed by atoms with Gasteiger partial charge in [-0.2, -0.15) is 0 Å². The molecule has 0 aromatic heterocycles. The first kappa shape index (κ1) is 13.1. The van der Waals surface area contributed by atoms with Gasteiger partial charge in [-0.15, -0.1) is 0 Å². The molecule has 1 N–H and O–H groups in total. The molecule has 0 fully saturated rings. The second kappa shape index (κ2) is 4.50. The van der Waals surface area contributed by atoms with Gasteiger partial charge in [-0.25, -0.2) is 12.8 Å². The van der Waals surface area contributed by atoms with Gasteiger partial charge in [0.05, 0.1) is 6.42 Å². The number of carboxylic acids is 1. The molecule has 0 atom stereocenters. The van der Waals surface area contributed by atoms with Crippen molar-refractivity contribution in [3.05, 3.63) is 28.0 Å². The van der Waals surface area contributed by atoms with Crippen LogP contribution in [0.25, 0.3) is 0 Å². The van der Waals surface area contributed by atoms with Crippen LogP contribution in [0.2, 0.25) is 0 Å². The molecule has 0 heterocycles. The number of rotatable bonds is 3. The van der Waals surface area contributed by atoms with Crippen LogP contribution in [0.3, 0.4) is 0 Å². The van der Waals surface area contributed by atoms with Crippen LogP contribution in [-0.2, 0) is 21.1 Å². The molecule has 1 aromatic rings. The van der Waals surface area contributed by atoms with Gasteiger partial charge in [0.15, 0.2) is 9.84 Å². The largest absolute Gasteiger partial charge is 0.481 e. The first-order valence-electron chi connectivity index (χ1n) is 4.11. The lowest BCUT2D eigenvalue weighted by molar-refractivity contribution is -0.136. The Morgan fingerprint density at radius 1 is 1.50 bits per heavy atom. The normalized spacial score (nSPS) is 11.4. The Balaban J connectivity index is 3.34. The SMILES string of the molecule is CS(=O)(=O)c1c(F)cc(CC(=O)O)cc1Br. The topological polar surface area (TPSA) is 71.4 Å². The van der Waals surface area contributed by atoms with Crippen molar-refractivity contribution >= 4 is 31.7 Å². The number of hydrogen-bond donors (Lipinski definition) is 1. The van der Waals surface area contributed by atoms with Gasteiger partial charge >= 0.3 is 5.97 Å². The van der Waals surface area contributed by atoms with Crippen molar-refractivity contribution in [2.45, 2.75) is 11.3 Å². The van der Waals surface area contributed by atoms with Gasteiger partial charge in [0.25, 0.3) is 0 Å². The molecular weight excluding hydrogens is 303 g/mol. The van der Waals surface area contributed by atoms with E-state index in [0.29, 0.717) is 0 Å². The molecule has 4 nitrogen and oxygen atoms in total. The number of sulfone groups is 1. The number of carbonyl (C=O) groups is 1. The molecule has 0 unspecified atom stereocenters. The Morgan fingerprint density at radius 2 is 2.06 bits per heavy atom.